The van der Waals surface area contributed by atoms with Crippen molar-refractivity contribution >= 4 is 16.0 Å². The normalized spacial score (nSPS) is 23.6. The summed E-state index contributed by atoms with van der Waals surface area (Å²) < 4.78 is 36.4. The minimum absolute atomic E-state index is 0.0165. The molecular weight excluding hydrogens is 294 g/mol. The molecule has 2 heterocycles. The molecule has 8 nitrogen and oxygen atoms in total. The smallest absolute Gasteiger partial charge is 0.322 e. The zero-order valence-electron chi connectivity index (χ0n) is 11.1. The molecule has 0 aromatic carbocycles. The van der Waals surface area contributed by atoms with Crippen LogP contribution >= 0.6 is 0 Å². The first-order chi connectivity index (χ1) is 10.1. The van der Waals surface area contributed by atoms with E-state index >= 15 is 0 Å². The van der Waals surface area contributed by atoms with Gasteiger partial charge in [0.1, 0.15) is 18.2 Å². The molecule has 0 saturated heterocycles. The van der Waals surface area contributed by atoms with Crippen LogP contribution in [0, 0.1) is 0 Å². The number of rotatable bonds is 4. The summed E-state index contributed by atoms with van der Waals surface area (Å²) in [6.07, 6.45) is 7.69. The van der Waals surface area contributed by atoms with Gasteiger partial charge >= 0.3 is 10.2 Å². The van der Waals surface area contributed by atoms with Crippen molar-refractivity contribution in [3.63, 3.8) is 0 Å². The molecule has 9 heteroatoms. The SMILES string of the molecule is NC1=NS(=O)(=O)NC2CC=CC(OCCn3cccn3)=C12. The fourth-order valence-electron chi connectivity index (χ4n) is 2.29. The summed E-state index contributed by atoms with van der Waals surface area (Å²) in [6, 6.07) is 1.41. The molecule has 21 heavy (non-hydrogen) atoms. The van der Waals surface area contributed by atoms with Gasteiger partial charge in [0.25, 0.3) is 0 Å². The molecule has 0 radical (unpaired) electrons. The van der Waals surface area contributed by atoms with Gasteiger partial charge in [-0.1, -0.05) is 6.08 Å². The molecule has 0 fully saturated rings. The van der Waals surface area contributed by atoms with Crippen LogP contribution in [0.5, 0.6) is 0 Å². The van der Waals surface area contributed by atoms with Crippen molar-refractivity contribution in [1.29, 1.82) is 0 Å². The first kappa shape index (κ1) is 13.8. The number of nitrogens with one attached hydrogen (secondary N) is 1. The molecule has 1 atom stereocenters. The van der Waals surface area contributed by atoms with Crippen LogP contribution in [0.2, 0.25) is 0 Å². The van der Waals surface area contributed by atoms with Crippen LogP contribution < -0.4 is 10.5 Å². The van der Waals surface area contributed by atoms with Gasteiger partial charge in [-0.25, -0.2) is 0 Å². The van der Waals surface area contributed by atoms with Gasteiger partial charge in [-0.2, -0.15) is 18.2 Å². The van der Waals surface area contributed by atoms with Gasteiger partial charge in [0, 0.05) is 12.4 Å². The van der Waals surface area contributed by atoms with Crippen LogP contribution in [-0.2, 0) is 21.5 Å². The van der Waals surface area contributed by atoms with Crippen molar-refractivity contribution in [1.82, 2.24) is 14.5 Å². The number of hydrogen-bond donors (Lipinski definition) is 2. The van der Waals surface area contributed by atoms with Gasteiger partial charge in [0.05, 0.1) is 18.2 Å². The Bertz CT molecular complexity index is 718. The fourth-order valence-corrected chi connectivity index (χ4v) is 3.28. The lowest BCUT2D eigenvalue weighted by atomic mass is 9.97. The summed E-state index contributed by atoms with van der Waals surface area (Å²) >= 11 is 0. The Morgan fingerprint density at radius 3 is 3.14 bits per heavy atom. The molecule has 3 N–H and O–H groups in total. The van der Waals surface area contributed by atoms with Crippen LogP contribution in [0.1, 0.15) is 6.42 Å². The third-order valence-corrected chi connectivity index (χ3v) is 4.20. The van der Waals surface area contributed by atoms with Crippen LogP contribution in [0.15, 0.2) is 46.3 Å². The first-order valence-corrected chi connectivity index (χ1v) is 7.88. The second-order valence-corrected chi connectivity index (χ2v) is 6.02. The van der Waals surface area contributed by atoms with E-state index < -0.39 is 16.3 Å². The largest absolute Gasteiger partial charge is 0.491 e. The molecule has 1 aliphatic heterocycles. The Hall–Kier alpha value is -2.13. The van der Waals surface area contributed by atoms with E-state index in [-0.39, 0.29) is 5.84 Å². The second kappa shape index (κ2) is 5.34. The van der Waals surface area contributed by atoms with E-state index in [4.69, 9.17) is 10.5 Å². The lowest BCUT2D eigenvalue weighted by Gasteiger charge is -2.27. The predicted octanol–water partition coefficient (Wildman–Crippen LogP) is -0.312. The zero-order chi connectivity index (χ0) is 14.9. The van der Waals surface area contributed by atoms with Gasteiger partial charge in [-0.15, -0.1) is 4.40 Å². The second-order valence-electron chi connectivity index (χ2n) is 4.66. The molecule has 1 aliphatic carbocycles. The number of amidine groups is 1. The Balaban J connectivity index is 1.78. The first-order valence-electron chi connectivity index (χ1n) is 6.44. The lowest BCUT2D eigenvalue weighted by molar-refractivity contribution is 0.203. The monoisotopic (exact) mass is 309 g/mol. The third-order valence-electron chi connectivity index (χ3n) is 3.18. The molecule has 0 amide bonds. The Labute approximate surface area is 122 Å². The maximum atomic E-state index is 11.5. The molecule has 1 aromatic rings. The highest BCUT2D eigenvalue weighted by atomic mass is 32.2. The number of nitrogens with zero attached hydrogens (tertiary/aromatic N) is 3. The molecule has 1 unspecified atom stereocenters. The van der Waals surface area contributed by atoms with Crippen molar-refractivity contribution in [2.45, 2.75) is 19.0 Å². The lowest BCUT2D eigenvalue weighted by Crippen LogP contribution is -2.45. The summed E-state index contributed by atoms with van der Waals surface area (Å²) in [7, 11) is -3.71. The Kier molecular flexibility index (Phi) is 3.52. The molecule has 2 aliphatic rings. The van der Waals surface area contributed by atoms with Crippen molar-refractivity contribution in [3.05, 3.63) is 41.9 Å². The maximum absolute atomic E-state index is 11.5. The number of ether oxygens (including phenoxy) is 1. The number of fused-ring (bicyclic) bond motifs is 1. The van der Waals surface area contributed by atoms with E-state index in [0.29, 0.717) is 30.9 Å². The van der Waals surface area contributed by atoms with E-state index in [1.165, 1.54) is 0 Å². The van der Waals surface area contributed by atoms with Crippen LogP contribution in [0.3, 0.4) is 0 Å². The quantitative estimate of drug-likeness (QED) is 0.792. The van der Waals surface area contributed by atoms with E-state index in [1.807, 2.05) is 18.3 Å². The Morgan fingerprint density at radius 2 is 2.38 bits per heavy atom. The highest BCUT2D eigenvalue weighted by molar-refractivity contribution is 7.88. The summed E-state index contributed by atoms with van der Waals surface area (Å²) in [5.74, 6) is 0.527. The molecule has 3 rings (SSSR count). The van der Waals surface area contributed by atoms with Crippen LogP contribution in [0.4, 0.5) is 0 Å². The maximum Gasteiger partial charge on any atom is 0.322 e. The summed E-state index contributed by atoms with van der Waals surface area (Å²) in [6.45, 7) is 0.989. The van der Waals surface area contributed by atoms with E-state index in [9.17, 15) is 8.42 Å². The van der Waals surface area contributed by atoms with Crippen molar-refractivity contribution in [3.8, 4) is 0 Å². The summed E-state index contributed by atoms with van der Waals surface area (Å²) in [5, 5.41) is 4.08. The topological polar surface area (TPSA) is 112 Å². The van der Waals surface area contributed by atoms with Gasteiger partial charge in [-0.05, 0) is 18.6 Å². The molecule has 0 spiro atoms. The number of aromatic nitrogens is 2. The minimum Gasteiger partial charge on any atom is -0.491 e. The average Bonchev–Trinajstić information content (AvgIpc) is 2.90. The highest BCUT2D eigenvalue weighted by Crippen LogP contribution is 2.24. The van der Waals surface area contributed by atoms with Crippen LogP contribution in [-0.4, -0.2) is 36.7 Å². The number of nitrogens with two attached hydrogens (primary N) is 1. The van der Waals surface area contributed by atoms with E-state index in [2.05, 4.69) is 14.2 Å². The van der Waals surface area contributed by atoms with E-state index in [0.717, 1.165) is 0 Å². The fraction of sp³-hybridized carbons (Fsp3) is 0.333. The van der Waals surface area contributed by atoms with Crippen LogP contribution in [0.25, 0.3) is 0 Å². The van der Waals surface area contributed by atoms with Gasteiger partial charge in [0.2, 0.25) is 0 Å². The van der Waals surface area contributed by atoms with Crippen molar-refractivity contribution < 1.29 is 13.2 Å². The highest BCUT2D eigenvalue weighted by Gasteiger charge is 2.32. The number of allylic oxidation sites excluding steroid dienone is 1. The molecule has 0 saturated carbocycles. The van der Waals surface area contributed by atoms with E-state index in [1.54, 1.807) is 17.0 Å². The zero-order valence-corrected chi connectivity index (χ0v) is 12.0. The third kappa shape index (κ3) is 2.98. The minimum atomic E-state index is -3.71. The molecule has 112 valence electrons. The molecular formula is C12H15N5O3S. The van der Waals surface area contributed by atoms with Crippen molar-refractivity contribution in [2.24, 2.45) is 10.1 Å². The molecule has 1 aromatic heterocycles. The summed E-state index contributed by atoms with van der Waals surface area (Å²) in [5.41, 5.74) is 6.35. The Morgan fingerprint density at radius 1 is 1.52 bits per heavy atom. The van der Waals surface area contributed by atoms with Gasteiger partial charge in [0.15, 0.2) is 0 Å². The van der Waals surface area contributed by atoms with Gasteiger partial charge < -0.3 is 10.5 Å². The van der Waals surface area contributed by atoms with Gasteiger partial charge in [-0.3, -0.25) is 4.68 Å². The van der Waals surface area contributed by atoms with Crippen molar-refractivity contribution in [2.75, 3.05) is 6.61 Å². The standard InChI is InChI=1S/C12H15N5O3S/c13-12-11-9(15-21(18,19)16-12)3-1-4-10(11)20-8-7-17-6-2-5-14-17/h1-2,4-6,9,15H,3,7-8H2,(H2,13,16). The average molecular weight is 309 g/mol. The predicted molar refractivity (Wildman–Crippen MR) is 76.4 cm³/mol. The number of hydrogen-bond acceptors (Lipinski definition) is 5. The summed E-state index contributed by atoms with van der Waals surface area (Å²) in [4.78, 5) is 0. The molecule has 0 bridgehead atoms.